The number of thiazole rings is 1. The molecule has 0 bridgehead atoms. The van der Waals surface area contributed by atoms with Crippen LogP contribution in [0.1, 0.15) is 18.5 Å². The topological polar surface area (TPSA) is 25.4 Å². The summed E-state index contributed by atoms with van der Waals surface area (Å²) in [4.78, 5) is 6.77. The van der Waals surface area contributed by atoms with Gasteiger partial charge in [0.05, 0.1) is 17.8 Å². The van der Waals surface area contributed by atoms with Gasteiger partial charge in [-0.15, -0.1) is 11.3 Å². The Bertz CT molecular complexity index is 561. The van der Waals surface area contributed by atoms with Gasteiger partial charge in [0, 0.05) is 30.5 Å². The maximum Gasteiger partial charge on any atom is 0.126 e. The minimum Gasteiger partial charge on any atom is -0.493 e. The summed E-state index contributed by atoms with van der Waals surface area (Å²) in [7, 11) is 0. The van der Waals surface area contributed by atoms with Crippen molar-refractivity contribution in [1.82, 2.24) is 9.88 Å². The van der Waals surface area contributed by atoms with Crippen molar-refractivity contribution in [3.8, 4) is 5.75 Å². The molecule has 1 aliphatic rings. The van der Waals surface area contributed by atoms with Gasteiger partial charge >= 0.3 is 0 Å². The van der Waals surface area contributed by atoms with E-state index in [-0.39, 0.29) is 5.82 Å². The van der Waals surface area contributed by atoms with Gasteiger partial charge in [0.1, 0.15) is 11.6 Å². The first-order valence-electron chi connectivity index (χ1n) is 7.27. The number of likely N-dealkylation sites (tertiary alicyclic amines) is 1. The van der Waals surface area contributed by atoms with E-state index in [1.54, 1.807) is 23.5 Å². The predicted molar refractivity (Wildman–Crippen MR) is 82.0 cm³/mol. The number of aromatic nitrogens is 1. The average molecular weight is 306 g/mol. The first-order chi connectivity index (χ1) is 10.3. The first-order valence-corrected chi connectivity index (χ1v) is 8.21. The van der Waals surface area contributed by atoms with Crippen molar-refractivity contribution in [3.63, 3.8) is 0 Å². The maximum absolute atomic E-state index is 13.1. The van der Waals surface area contributed by atoms with Gasteiger partial charge in [0.15, 0.2) is 0 Å². The van der Waals surface area contributed by atoms with Gasteiger partial charge in [-0.25, -0.2) is 9.37 Å². The smallest absolute Gasteiger partial charge is 0.126 e. The SMILES string of the molecule is Fc1cccc(OC[C@@H]2CCCN(Cc3cscn3)C2)c1. The molecule has 0 amide bonds. The summed E-state index contributed by atoms with van der Waals surface area (Å²) in [6.45, 7) is 3.71. The Labute approximate surface area is 128 Å². The van der Waals surface area contributed by atoms with Gasteiger partial charge in [0.25, 0.3) is 0 Å². The Balaban J connectivity index is 1.49. The van der Waals surface area contributed by atoms with Gasteiger partial charge in [-0.3, -0.25) is 4.90 Å². The van der Waals surface area contributed by atoms with Crippen LogP contribution in [0.25, 0.3) is 0 Å². The van der Waals surface area contributed by atoms with Crippen molar-refractivity contribution in [2.75, 3.05) is 19.7 Å². The third-order valence-corrected chi connectivity index (χ3v) is 4.39. The lowest BCUT2D eigenvalue weighted by molar-refractivity contribution is 0.124. The minimum absolute atomic E-state index is 0.249. The molecule has 0 radical (unpaired) electrons. The Morgan fingerprint density at radius 1 is 1.43 bits per heavy atom. The molecule has 0 spiro atoms. The van der Waals surface area contributed by atoms with E-state index in [0.717, 1.165) is 25.3 Å². The normalized spacial score (nSPS) is 19.6. The fourth-order valence-electron chi connectivity index (χ4n) is 2.75. The largest absolute Gasteiger partial charge is 0.493 e. The lowest BCUT2D eigenvalue weighted by atomic mass is 9.99. The molecule has 0 aliphatic carbocycles. The maximum atomic E-state index is 13.1. The zero-order valence-electron chi connectivity index (χ0n) is 11.9. The van der Waals surface area contributed by atoms with Crippen molar-refractivity contribution < 1.29 is 9.13 Å². The second-order valence-corrected chi connectivity index (χ2v) is 6.21. The zero-order chi connectivity index (χ0) is 14.5. The van der Waals surface area contributed by atoms with Crippen molar-refractivity contribution in [1.29, 1.82) is 0 Å². The molecule has 2 aromatic rings. The van der Waals surface area contributed by atoms with Gasteiger partial charge in [-0.05, 0) is 31.5 Å². The molecule has 21 heavy (non-hydrogen) atoms. The van der Waals surface area contributed by atoms with E-state index in [4.69, 9.17) is 4.74 Å². The number of benzene rings is 1. The van der Waals surface area contributed by atoms with Crippen LogP contribution in [-0.2, 0) is 6.54 Å². The molecule has 1 fully saturated rings. The quantitative estimate of drug-likeness (QED) is 0.844. The van der Waals surface area contributed by atoms with Crippen molar-refractivity contribution in [2.24, 2.45) is 5.92 Å². The van der Waals surface area contributed by atoms with Gasteiger partial charge < -0.3 is 4.74 Å². The molecule has 3 nitrogen and oxygen atoms in total. The van der Waals surface area contributed by atoms with Gasteiger partial charge in [-0.1, -0.05) is 6.07 Å². The molecule has 0 unspecified atom stereocenters. The zero-order valence-corrected chi connectivity index (χ0v) is 12.7. The summed E-state index contributed by atoms with van der Waals surface area (Å²) in [5.41, 5.74) is 3.02. The Kier molecular flexibility index (Phi) is 4.83. The summed E-state index contributed by atoms with van der Waals surface area (Å²) in [6, 6.07) is 6.36. The summed E-state index contributed by atoms with van der Waals surface area (Å²) in [6.07, 6.45) is 2.35. The predicted octanol–water partition coefficient (Wildman–Crippen LogP) is 3.57. The van der Waals surface area contributed by atoms with E-state index in [9.17, 15) is 4.39 Å². The van der Waals surface area contributed by atoms with Crippen LogP contribution in [0.2, 0.25) is 0 Å². The number of nitrogens with zero attached hydrogens (tertiary/aromatic N) is 2. The van der Waals surface area contributed by atoms with Crippen molar-refractivity contribution in [3.05, 3.63) is 46.7 Å². The third kappa shape index (κ3) is 4.25. The molecule has 1 saturated heterocycles. The highest BCUT2D eigenvalue weighted by molar-refractivity contribution is 7.07. The molecular weight excluding hydrogens is 287 g/mol. The van der Waals surface area contributed by atoms with Crippen LogP contribution in [0.15, 0.2) is 35.2 Å². The Hall–Kier alpha value is -1.46. The highest BCUT2D eigenvalue weighted by atomic mass is 32.1. The number of hydrogen-bond donors (Lipinski definition) is 0. The van der Waals surface area contributed by atoms with Crippen LogP contribution in [-0.4, -0.2) is 29.6 Å². The average Bonchev–Trinajstić information content (AvgIpc) is 2.99. The number of hydrogen-bond acceptors (Lipinski definition) is 4. The second kappa shape index (κ2) is 7.00. The molecule has 1 aromatic carbocycles. The molecule has 1 aliphatic heterocycles. The first kappa shape index (κ1) is 14.5. The number of piperidine rings is 1. The van der Waals surface area contributed by atoms with Gasteiger partial charge in [-0.2, -0.15) is 0 Å². The van der Waals surface area contributed by atoms with E-state index in [0.29, 0.717) is 18.3 Å². The van der Waals surface area contributed by atoms with E-state index in [1.807, 2.05) is 5.51 Å². The van der Waals surface area contributed by atoms with Crippen LogP contribution in [0.5, 0.6) is 5.75 Å². The van der Waals surface area contributed by atoms with Crippen LogP contribution in [0, 0.1) is 11.7 Å². The lowest BCUT2D eigenvalue weighted by Crippen LogP contribution is -2.37. The van der Waals surface area contributed by atoms with Crippen LogP contribution >= 0.6 is 11.3 Å². The van der Waals surface area contributed by atoms with Crippen molar-refractivity contribution >= 4 is 11.3 Å². The molecule has 1 aromatic heterocycles. The van der Waals surface area contributed by atoms with Crippen molar-refractivity contribution in [2.45, 2.75) is 19.4 Å². The van der Waals surface area contributed by atoms with E-state index < -0.39 is 0 Å². The fourth-order valence-corrected chi connectivity index (χ4v) is 3.30. The minimum atomic E-state index is -0.249. The van der Waals surface area contributed by atoms with E-state index in [2.05, 4.69) is 15.3 Å². The highest BCUT2D eigenvalue weighted by Crippen LogP contribution is 2.20. The summed E-state index contributed by atoms with van der Waals surface area (Å²) < 4.78 is 18.8. The van der Waals surface area contributed by atoms with Crippen LogP contribution in [0.4, 0.5) is 4.39 Å². The number of halogens is 1. The monoisotopic (exact) mass is 306 g/mol. The fraction of sp³-hybridized carbons (Fsp3) is 0.438. The second-order valence-electron chi connectivity index (χ2n) is 5.49. The van der Waals surface area contributed by atoms with Crippen LogP contribution < -0.4 is 4.74 Å². The molecule has 1 atom stereocenters. The Morgan fingerprint density at radius 2 is 2.38 bits per heavy atom. The third-order valence-electron chi connectivity index (χ3n) is 3.75. The summed E-state index contributed by atoms with van der Waals surface area (Å²) in [5, 5.41) is 2.10. The molecule has 112 valence electrons. The van der Waals surface area contributed by atoms with Crippen LogP contribution in [0.3, 0.4) is 0 Å². The number of ether oxygens (including phenoxy) is 1. The summed E-state index contributed by atoms with van der Waals surface area (Å²) >= 11 is 1.64. The van der Waals surface area contributed by atoms with Gasteiger partial charge in [0.2, 0.25) is 0 Å². The molecular formula is C16H19FN2OS. The molecule has 3 rings (SSSR count). The highest BCUT2D eigenvalue weighted by Gasteiger charge is 2.21. The standard InChI is InChI=1S/C16H19FN2OS/c17-14-4-1-5-16(7-14)20-10-13-3-2-6-19(8-13)9-15-11-21-12-18-15/h1,4-5,7,11-13H,2-3,6,8-10H2/t13-/m1/s1. The number of rotatable bonds is 5. The lowest BCUT2D eigenvalue weighted by Gasteiger charge is -2.32. The molecule has 2 heterocycles. The Morgan fingerprint density at radius 3 is 3.19 bits per heavy atom. The van der Waals surface area contributed by atoms with E-state index in [1.165, 1.54) is 25.0 Å². The molecule has 5 heteroatoms. The molecule has 0 saturated carbocycles. The summed E-state index contributed by atoms with van der Waals surface area (Å²) in [5.74, 6) is 0.869. The van der Waals surface area contributed by atoms with E-state index >= 15 is 0 Å². The molecule has 0 N–H and O–H groups in total.